The number of phenolic OH excluding ortho intramolecular Hbond substituents is 1. The minimum absolute atomic E-state index is 0.00439. The van der Waals surface area contributed by atoms with E-state index in [1.807, 2.05) is 30.3 Å². The van der Waals surface area contributed by atoms with Crippen molar-refractivity contribution in [3.63, 3.8) is 0 Å². The van der Waals surface area contributed by atoms with E-state index in [0.29, 0.717) is 0 Å². The lowest BCUT2D eigenvalue weighted by Gasteiger charge is -2.31. The van der Waals surface area contributed by atoms with Gasteiger partial charge in [0.1, 0.15) is 30.7 Å². The largest absolute Gasteiger partial charge is 0.508 e. The third-order valence-electron chi connectivity index (χ3n) is 4.09. The molecule has 0 saturated carbocycles. The average Bonchev–Trinajstić information content (AvgIpc) is 2.60. The van der Waals surface area contributed by atoms with Gasteiger partial charge in [0, 0.05) is 13.8 Å². The molecule has 136 valence electrons. The number of fused-ring (bicyclic) bond motifs is 1. The van der Waals surface area contributed by atoms with E-state index in [-0.39, 0.29) is 18.5 Å². The number of benzene rings is 2. The Hall–Kier alpha value is -2.86. The minimum Gasteiger partial charge on any atom is -0.508 e. The molecule has 0 fully saturated rings. The van der Waals surface area contributed by atoms with Crippen LogP contribution in [0.4, 0.5) is 0 Å². The van der Waals surface area contributed by atoms with Crippen LogP contribution in [0.15, 0.2) is 48.6 Å². The van der Waals surface area contributed by atoms with Gasteiger partial charge in [0.15, 0.2) is 0 Å². The molecule has 0 aromatic heterocycles. The van der Waals surface area contributed by atoms with Crippen LogP contribution in [0.5, 0.6) is 5.75 Å². The molecule has 26 heavy (non-hydrogen) atoms. The van der Waals surface area contributed by atoms with Crippen LogP contribution in [0.1, 0.15) is 25.5 Å². The molecule has 6 nitrogen and oxygen atoms in total. The van der Waals surface area contributed by atoms with Crippen molar-refractivity contribution in [1.29, 1.82) is 0 Å². The molecule has 1 heterocycles. The number of carbonyl (C=O) groups excluding carboxylic acids is 2. The number of phenols is 1. The summed E-state index contributed by atoms with van der Waals surface area (Å²) in [6.45, 7) is 2.63. The van der Waals surface area contributed by atoms with Crippen LogP contribution in [0, 0.1) is 0 Å². The highest BCUT2D eigenvalue weighted by atomic mass is 16.6. The summed E-state index contributed by atoms with van der Waals surface area (Å²) in [6.07, 6.45) is 2.01. The minimum atomic E-state index is -0.611. The maximum absolute atomic E-state index is 11.3. The van der Waals surface area contributed by atoms with Crippen molar-refractivity contribution in [3.05, 3.63) is 54.1 Å². The zero-order valence-corrected chi connectivity index (χ0v) is 14.5. The number of ether oxygens (including phenoxy) is 3. The monoisotopic (exact) mass is 356 g/mol. The van der Waals surface area contributed by atoms with E-state index in [4.69, 9.17) is 14.2 Å². The van der Waals surface area contributed by atoms with E-state index in [9.17, 15) is 14.7 Å². The zero-order valence-electron chi connectivity index (χ0n) is 14.5. The molecule has 0 saturated heterocycles. The lowest BCUT2D eigenvalue weighted by molar-refractivity contribution is -0.163. The summed E-state index contributed by atoms with van der Waals surface area (Å²) < 4.78 is 16.3. The summed E-state index contributed by atoms with van der Waals surface area (Å²) in [5.74, 6) is -0.642. The van der Waals surface area contributed by atoms with Gasteiger partial charge in [0.25, 0.3) is 0 Å². The summed E-state index contributed by atoms with van der Waals surface area (Å²) in [7, 11) is 0. The van der Waals surface area contributed by atoms with Crippen LogP contribution in [-0.4, -0.2) is 35.9 Å². The molecular weight excluding hydrogens is 336 g/mol. The Morgan fingerprint density at radius 2 is 1.77 bits per heavy atom. The predicted octanol–water partition coefficient (Wildman–Crippen LogP) is 3.04. The first-order valence-electron chi connectivity index (χ1n) is 8.29. The van der Waals surface area contributed by atoms with E-state index >= 15 is 0 Å². The number of rotatable bonds is 4. The molecule has 1 N–H and O–H groups in total. The van der Waals surface area contributed by atoms with Crippen molar-refractivity contribution < 1.29 is 28.9 Å². The lowest BCUT2D eigenvalue weighted by Crippen LogP contribution is -2.39. The van der Waals surface area contributed by atoms with Gasteiger partial charge in [-0.3, -0.25) is 9.59 Å². The molecule has 3 atom stereocenters. The Bertz CT molecular complexity index is 857. The SMILES string of the molecule is CC(=O)OCC1OC(c2ccc3cc(O)ccc3c2)C=CC1OC(C)=O. The van der Waals surface area contributed by atoms with Crippen molar-refractivity contribution in [2.24, 2.45) is 0 Å². The molecule has 0 bridgehead atoms. The molecule has 3 unspecified atom stereocenters. The van der Waals surface area contributed by atoms with E-state index in [1.165, 1.54) is 13.8 Å². The highest BCUT2D eigenvalue weighted by Gasteiger charge is 2.31. The van der Waals surface area contributed by atoms with Crippen molar-refractivity contribution in [2.45, 2.75) is 32.2 Å². The summed E-state index contributed by atoms with van der Waals surface area (Å²) >= 11 is 0. The molecule has 1 aliphatic heterocycles. The van der Waals surface area contributed by atoms with E-state index in [2.05, 4.69) is 0 Å². The Balaban J connectivity index is 1.84. The lowest BCUT2D eigenvalue weighted by atomic mass is 10.00. The van der Waals surface area contributed by atoms with Gasteiger partial charge in [0.05, 0.1) is 0 Å². The van der Waals surface area contributed by atoms with Gasteiger partial charge in [-0.2, -0.15) is 0 Å². The van der Waals surface area contributed by atoms with Crippen molar-refractivity contribution in [1.82, 2.24) is 0 Å². The number of carbonyl (C=O) groups is 2. The van der Waals surface area contributed by atoms with Gasteiger partial charge in [-0.15, -0.1) is 0 Å². The zero-order chi connectivity index (χ0) is 18.7. The number of hydrogen-bond donors (Lipinski definition) is 1. The van der Waals surface area contributed by atoms with Crippen molar-refractivity contribution >= 4 is 22.7 Å². The molecular formula is C20H20O6. The van der Waals surface area contributed by atoms with Crippen molar-refractivity contribution in [2.75, 3.05) is 6.61 Å². The third kappa shape index (κ3) is 4.21. The summed E-state index contributed by atoms with van der Waals surface area (Å²) in [5, 5.41) is 11.5. The molecule has 3 rings (SSSR count). The first kappa shape index (κ1) is 17.9. The van der Waals surface area contributed by atoms with Crippen LogP contribution < -0.4 is 0 Å². The molecule has 0 radical (unpaired) electrons. The molecule has 2 aromatic rings. The summed E-state index contributed by atoms with van der Waals surface area (Å²) in [4.78, 5) is 22.4. The van der Waals surface area contributed by atoms with E-state index in [1.54, 1.807) is 18.2 Å². The van der Waals surface area contributed by atoms with E-state index in [0.717, 1.165) is 16.3 Å². The van der Waals surface area contributed by atoms with Crippen molar-refractivity contribution in [3.8, 4) is 5.75 Å². The van der Waals surface area contributed by atoms with Gasteiger partial charge in [-0.05, 0) is 40.6 Å². The smallest absolute Gasteiger partial charge is 0.303 e. The predicted molar refractivity (Wildman–Crippen MR) is 94.6 cm³/mol. The normalized spacial score (nSPS) is 22.2. The fourth-order valence-corrected chi connectivity index (χ4v) is 2.90. The highest BCUT2D eigenvalue weighted by molar-refractivity contribution is 5.84. The molecule has 2 aromatic carbocycles. The second kappa shape index (κ2) is 7.58. The maximum Gasteiger partial charge on any atom is 0.303 e. The Morgan fingerprint density at radius 1 is 1.04 bits per heavy atom. The summed E-state index contributed by atoms with van der Waals surface area (Å²) in [6, 6.07) is 10.9. The van der Waals surface area contributed by atoms with Gasteiger partial charge < -0.3 is 19.3 Å². The fourth-order valence-electron chi connectivity index (χ4n) is 2.90. The van der Waals surface area contributed by atoms with Gasteiger partial charge >= 0.3 is 11.9 Å². The molecule has 0 spiro atoms. The van der Waals surface area contributed by atoms with Gasteiger partial charge in [0.2, 0.25) is 0 Å². The number of esters is 2. The molecule has 0 amide bonds. The Morgan fingerprint density at radius 3 is 2.50 bits per heavy atom. The quantitative estimate of drug-likeness (QED) is 0.670. The van der Waals surface area contributed by atoms with Crippen LogP contribution in [0.3, 0.4) is 0 Å². The molecule has 6 heteroatoms. The molecule has 1 aliphatic rings. The standard InChI is InChI=1S/C20H20O6/c1-12(21)24-11-20-19(25-13(2)22)8-7-18(26-20)16-4-3-15-10-17(23)6-5-14(15)9-16/h3-10,18-20,23H,11H2,1-2H3. The second-order valence-electron chi connectivity index (χ2n) is 6.15. The average molecular weight is 356 g/mol. The van der Waals surface area contributed by atoms with Crippen LogP contribution >= 0.6 is 0 Å². The fraction of sp³-hybridized carbons (Fsp3) is 0.300. The molecule has 0 aliphatic carbocycles. The van der Waals surface area contributed by atoms with Crippen LogP contribution in [-0.2, 0) is 23.8 Å². The van der Waals surface area contributed by atoms with Gasteiger partial charge in [-0.25, -0.2) is 0 Å². The Labute approximate surface area is 151 Å². The summed E-state index contributed by atoms with van der Waals surface area (Å²) in [5.41, 5.74) is 0.911. The third-order valence-corrected chi connectivity index (χ3v) is 4.09. The maximum atomic E-state index is 11.3. The topological polar surface area (TPSA) is 82.1 Å². The van der Waals surface area contributed by atoms with Crippen LogP contribution in [0.2, 0.25) is 0 Å². The number of aromatic hydroxyl groups is 1. The van der Waals surface area contributed by atoms with E-state index < -0.39 is 24.1 Å². The van der Waals surface area contributed by atoms with Crippen LogP contribution in [0.25, 0.3) is 10.8 Å². The van der Waals surface area contributed by atoms with Gasteiger partial charge in [-0.1, -0.05) is 24.3 Å². The first-order chi connectivity index (χ1) is 12.4. The Kier molecular flexibility index (Phi) is 5.23. The first-order valence-corrected chi connectivity index (χ1v) is 8.29. The second-order valence-corrected chi connectivity index (χ2v) is 6.15. The number of hydrogen-bond acceptors (Lipinski definition) is 6. The highest BCUT2D eigenvalue weighted by Crippen LogP contribution is 2.30.